The van der Waals surface area contributed by atoms with E-state index in [2.05, 4.69) is 40.8 Å². The van der Waals surface area contributed by atoms with Crippen molar-refractivity contribution in [2.45, 2.75) is 45.4 Å². The lowest BCUT2D eigenvalue weighted by atomic mass is 10.1. The number of nitrogen functional groups attached to an aromatic ring is 1. The van der Waals surface area contributed by atoms with E-state index in [9.17, 15) is 14.7 Å². The molecule has 3 aromatic heterocycles. The molecule has 43 heavy (non-hydrogen) atoms. The lowest BCUT2D eigenvalue weighted by molar-refractivity contribution is -0.753. The Morgan fingerprint density at radius 2 is 2.02 bits per heavy atom. The summed E-state index contributed by atoms with van der Waals surface area (Å²) in [6, 6.07) is 7.43. The lowest BCUT2D eigenvalue weighted by Gasteiger charge is -2.19. The van der Waals surface area contributed by atoms with Gasteiger partial charge in [-0.1, -0.05) is 22.5 Å². The van der Waals surface area contributed by atoms with Crippen molar-refractivity contribution >= 4 is 34.2 Å². The first-order valence-corrected chi connectivity index (χ1v) is 14.0. The number of carboxylic acid groups (broad SMARTS) is 1. The number of tetrazole rings is 1. The molecule has 0 radical (unpaired) electrons. The summed E-state index contributed by atoms with van der Waals surface area (Å²) >= 11 is 1.08. The van der Waals surface area contributed by atoms with Crippen molar-refractivity contribution in [3.63, 3.8) is 0 Å². The van der Waals surface area contributed by atoms with Gasteiger partial charge in [0.05, 0.1) is 18.3 Å². The highest BCUT2D eigenvalue weighted by Crippen LogP contribution is 2.23. The van der Waals surface area contributed by atoms with Crippen molar-refractivity contribution in [1.29, 1.82) is 0 Å². The number of anilines is 1. The number of alkyl carbamates (subject to hydrolysis) is 1. The molecule has 4 rings (SSSR count). The van der Waals surface area contributed by atoms with Gasteiger partial charge >= 0.3 is 12.1 Å². The van der Waals surface area contributed by atoms with Crippen LogP contribution in [0, 0.1) is 0 Å². The lowest BCUT2D eigenvalue weighted by Crippen LogP contribution is -2.39. The second-order valence-electron chi connectivity index (χ2n) is 10.2. The summed E-state index contributed by atoms with van der Waals surface area (Å²) in [6.07, 6.45) is 3.36. The van der Waals surface area contributed by atoms with Crippen molar-refractivity contribution in [3.05, 3.63) is 53.6 Å². The molecular formula is C26H33N10O6S+. The molecule has 0 aliphatic heterocycles. The minimum absolute atomic E-state index is 0.0677. The van der Waals surface area contributed by atoms with Gasteiger partial charge in [-0.15, -0.1) is 26.2 Å². The molecule has 0 spiro atoms. The molecule has 17 heteroatoms. The molecule has 16 nitrogen and oxygen atoms in total. The number of thiazole rings is 1. The third-order valence-corrected chi connectivity index (χ3v) is 6.40. The number of aliphatic carboxylic acids is 1. The van der Waals surface area contributed by atoms with Gasteiger partial charge in [0.15, 0.2) is 12.2 Å². The number of hydrogen-bond donors (Lipinski definition) is 4. The Morgan fingerprint density at radius 3 is 2.65 bits per heavy atom. The molecule has 228 valence electrons. The Morgan fingerprint density at radius 1 is 1.26 bits per heavy atom. The molecule has 5 N–H and O–H groups in total. The molecule has 0 saturated carbocycles. The van der Waals surface area contributed by atoms with Gasteiger partial charge in [0.1, 0.15) is 23.7 Å². The third-order valence-electron chi connectivity index (χ3n) is 5.73. The van der Waals surface area contributed by atoms with E-state index in [1.807, 2.05) is 57.0 Å². The number of nitrogens with two attached hydrogens (primary N) is 1. The standard InChI is InChI=1S/C26H32N10O6S/c1-26(2,3)41-25(39)28-10-5-11-36-13-17(12-35(36)4)16-6-8-18(9-7-16)40-14-20(22-30-33-34-31-22)42-32-21(23(37)38)19-15-43-24(27)29-19/h6-9,12-13,15,20H,5,10-11,14H2,1-4H3,(H4-,27,28,29,30,31,33,34,37,38,39)/p+1/b32-21-/t20-/m0/s1. The van der Waals surface area contributed by atoms with Gasteiger partial charge < -0.3 is 30.5 Å². The Hall–Kier alpha value is -5.06. The number of carbonyl (C=O) groups excluding carboxylic acids is 1. The van der Waals surface area contributed by atoms with Crippen LogP contribution in [0.3, 0.4) is 0 Å². The van der Waals surface area contributed by atoms with Crippen LogP contribution in [0.1, 0.15) is 44.8 Å². The maximum atomic E-state index is 11.8. The summed E-state index contributed by atoms with van der Waals surface area (Å²) in [5, 5.41) is 31.4. The van der Waals surface area contributed by atoms with E-state index < -0.39 is 29.5 Å². The van der Waals surface area contributed by atoms with Gasteiger partial charge in [-0.25, -0.2) is 14.6 Å². The maximum Gasteiger partial charge on any atom is 0.407 e. The number of H-pyrrole nitrogens is 1. The Balaban J connectivity index is 1.34. The molecule has 0 unspecified atom stereocenters. The van der Waals surface area contributed by atoms with Crippen LogP contribution in [0.15, 0.2) is 47.2 Å². The van der Waals surface area contributed by atoms with Gasteiger partial charge in [-0.2, -0.15) is 9.90 Å². The number of nitrogens with zero attached hydrogens (tertiary/aromatic N) is 7. The van der Waals surface area contributed by atoms with Crippen LogP contribution < -0.4 is 20.5 Å². The summed E-state index contributed by atoms with van der Waals surface area (Å²) in [4.78, 5) is 32.9. The van der Waals surface area contributed by atoms with Crippen LogP contribution in [0.4, 0.5) is 9.93 Å². The Labute approximate surface area is 250 Å². The number of aromatic nitrogens is 7. The van der Waals surface area contributed by atoms with Crippen LogP contribution in [0.2, 0.25) is 0 Å². The number of nitrogens with one attached hydrogen (secondary N) is 2. The fraction of sp³-hybridized carbons (Fsp3) is 0.385. The average Bonchev–Trinajstić information content (AvgIpc) is 3.70. The number of amides is 1. The minimum atomic E-state index is -1.34. The summed E-state index contributed by atoms with van der Waals surface area (Å²) in [6.45, 7) is 6.58. The van der Waals surface area contributed by atoms with Crippen LogP contribution in [-0.2, 0) is 28.0 Å². The fourth-order valence-corrected chi connectivity index (χ4v) is 4.31. The molecule has 1 aromatic carbocycles. The van der Waals surface area contributed by atoms with Crippen molar-refractivity contribution in [2.24, 2.45) is 12.2 Å². The molecule has 0 bridgehead atoms. The molecule has 1 amide bonds. The van der Waals surface area contributed by atoms with E-state index in [1.54, 1.807) is 12.1 Å². The van der Waals surface area contributed by atoms with Crippen LogP contribution in [0.5, 0.6) is 5.75 Å². The predicted octanol–water partition coefficient (Wildman–Crippen LogP) is 2.07. The average molecular weight is 614 g/mol. The number of ether oxygens (including phenoxy) is 2. The second-order valence-corrected chi connectivity index (χ2v) is 11.1. The smallest absolute Gasteiger partial charge is 0.407 e. The summed E-state index contributed by atoms with van der Waals surface area (Å²) in [5.41, 5.74) is 6.69. The van der Waals surface area contributed by atoms with Gasteiger partial charge in [0.2, 0.25) is 23.8 Å². The first-order valence-electron chi connectivity index (χ1n) is 13.2. The van der Waals surface area contributed by atoms with Gasteiger partial charge in [-0.3, -0.25) is 0 Å². The molecule has 1 atom stereocenters. The van der Waals surface area contributed by atoms with Crippen LogP contribution >= 0.6 is 11.3 Å². The van der Waals surface area contributed by atoms with E-state index in [-0.39, 0.29) is 23.3 Å². The normalized spacial score (nSPS) is 12.5. The third kappa shape index (κ3) is 8.96. The minimum Gasteiger partial charge on any atom is -0.489 e. The summed E-state index contributed by atoms with van der Waals surface area (Å²) in [5.74, 6) is -0.681. The second kappa shape index (κ2) is 13.7. The Kier molecular flexibility index (Phi) is 9.87. The maximum absolute atomic E-state index is 11.8. The number of oxime groups is 1. The zero-order chi connectivity index (χ0) is 31.0. The fourth-order valence-electron chi connectivity index (χ4n) is 3.76. The van der Waals surface area contributed by atoms with Crippen molar-refractivity contribution < 1.29 is 33.7 Å². The van der Waals surface area contributed by atoms with Gasteiger partial charge in [0, 0.05) is 11.9 Å². The number of carbonyl (C=O) groups is 2. The first-order chi connectivity index (χ1) is 20.5. The monoisotopic (exact) mass is 613 g/mol. The van der Waals surface area contributed by atoms with Crippen molar-refractivity contribution in [1.82, 2.24) is 35.6 Å². The van der Waals surface area contributed by atoms with E-state index in [4.69, 9.17) is 20.0 Å². The highest BCUT2D eigenvalue weighted by molar-refractivity contribution is 7.13. The van der Waals surface area contributed by atoms with Gasteiger partial charge in [-0.05, 0) is 44.9 Å². The molecule has 0 aliphatic carbocycles. The van der Waals surface area contributed by atoms with E-state index in [0.29, 0.717) is 18.8 Å². The van der Waals surface area contributed by atoms with E-state index >= 15 is 0 Å². The highest BCUT2D eigenvalue weighted by atomic mass is 32.1. The first kappa shape index (κ1) is 30.9. The van der Waals surface area contributed by atoms with E-state index in [1.165, 1.54) is 5.38 Å². The summed E-state index contributed by atoms with van der Waals surface area (Å²) in [7, 11) is 1.95. The topological polar surface area (TPSA) is 209 Å². The van der Waals surface area contributed by atoms with Crippen LogP contribution in [0.25, 0.3) is 11.1 Å². The molecule has 0 saturated heterocycles. The molecule has 0 fully saturated rings. The highest BCUT2D eigenvalue weighted by Gasteiger charge is 2.23. The molecule has 4 aromatic rings. The quantitative estimate of drug-likeness (QED) is 0.0742. The number of benzene rings is 1. The largest absolute Gasteiger partial charge is 0.489 e. The number of carboxylic acids is 1. The Bertz CT molecular complexity index is 1540. The zero-order valence-electron chi connectivity index (χ0n) is 24.1. The predicted molar refractivity (Wildman–Crippen MR) is 154 cm³/mol. The van der Waals surface area contributed by atoms with Gasteiger partial charge in [0.25, 0.3) is 0 Å². The molecule has 0 aliphatic rings. The van der Waals surface area contributed by atoms with Crippen molar-refractivity contribution in [3.8, 4) is 16.9 Å². The molecular weight excluding hydrogens is 580 g/mol. The van der Waals surface area contributed by atoms with Crippen LogP contribution in [-0.4, -0.2) is 71.9 Å². The van der Waals surface area contributed by atoms with Crippen molar-refractivity contribution in [2.75, 3.05) is 18.9 Å². The number of hydrogen-bond acceptors (Lipinski definition) is 12. The number of aryl methyl sites for hydroxylation is 2. The zero-order valence-corrected chi connectivity index (χ0v) is 24.9. The summed E-state index contributed by atoms with van der Waals surface area (Å²) < 4.78 is 15.2. The number of aromatic amines is 1. The molecule has 3 heterocycles. The SMILES string of the molecule is C[n+]1cc(-c2ccc(OC[C@H](O/N=C(\C(=O)O)c3csc(N)n3)c3nn[nH]n3)cc2)cn1CCCNC(=O)OC(C)(C)C. The van der Waals surface area contributed by atoms with E-state index in [0.717, 1.165) is 28.9 Å². The number of rotatable bonds is 13.